The SMILES string of the molecule is CNCCOc1cccc(C[C@@H](C)NC[C@H](O)c2ccccc2)c1. The summed E-state index contributed by atoms with van der Waals surface area (Å²) in [5.74, 6) is 0.902. The highest BCUT2D eigenvalue weighted by Crippen LogP contribution is 2.15. The molecule has 2 atom stereocenters. The maximum absolute atomic E-state index is 10.2. The molecule has 4 nitrogen and oxygen atoms in total. The van der Waals surface area contributed by atoms with Crippen molar-refractivity contribution in [2.24, 2.45) is 0 Å². The molecule has 2 aromatic rings. The lowest BCUT2D eigenvalue weighted by Gasteiger charge is -2.18. The average Bonchev–Trinajstić information content (AvgIpc) is 2.61. The highest BCUT2D eigenvalue weighted by molar-refractivity contribution is 5.29. The highest BCUT2D eigenvalue weighted by atomic mass is 16.5. The third-order valence-corrected chi connectivity index (χ3v) is 3.91. The van der Waals surface area contributed by atoms with E-state index < -0.39 is 6.10 Å². The molecule has 130 valence electrons. The molecule has 0 aliphatic rings. The van der Waals surface area contributed by atoms with E-state index in [9.17, 15) is 5.11 Å². The van der Waals surface area contributed by atoms with E-state index in [-0.39, 0.29) is 6.04 Å². The van der Waals surface area contributed by atoms with Gasteiger partial charge in [-0.1, -0.05) is 42.5 Å². The first-order valence-corrected chi connectivity index (χ1v) is 8.51. The number of hydrogen-bond acceptors (Lipinski definition) is 4. The molecule has 4 heteroatoms. The van der Waals surface area contributed by atoms with Crippen LogP contribution >= 0.6 is 0 Å². The lowest BCUT2D eigenvalue weighted by Crippen LogP contribution is -2.32. The van der Waals surface area contributed by atoms with Gasteiger partial charge in [-0.2, -0.15) is 0 Å². The first kappa shape index (κ1) is 18.5. The lowest BCUT2D eigenvalue weighted by atomic mass is 10.1. The standard InChI is InChI=1S/C20H28N2O2/c1-16(22-15-20(23)18-8-4-3-5-9-18)13-17-7-6-10-19(14-17)24-12-11-21-2/h3-10,14,16,20-23H,11-13,15H2,1-2H3/t16-,20+/m1/s1. The molecule has 0 spiro atoms. The van der Waals surface area contributed by atoms with Crippen LogP contribution in [0.25, 0.3) is 0 Å². The maximum Gasteiger partial charge on any atom is 0.119 e. The van der Waals surface area contributed by atoms with E-state index in [0.29, 0.717) is 13.2 Å². The van der Waals surface area contributed by atoms with Crippen molar-refractivity contribution in [3.8, 4) is 5.75 Å². The van der Waals surface area contributed by atoms with E-state index in [2.05, 4.69) is 29.7 Å². The van der Waals surface area contributed by atoms with Crippen molar-refractivity contribution in [3.05, 3.63) is 65.7 Å². The van der Waals surface area contributed by atoms with Gasteiger partial charge < -0.3 is 20.5 Å². The van der Waals surface area contributed by atoms with E-state index in [1.165, 1.54) is 5.56 Å². The van der Waals surface area contributed by atoms with Crippen molar-refractivity contribution >= 4 is 0 Å². The van der Waals surface area contributed by atoms with Crippen LogP contribution in [0, 0.1) is 0 Å². The molecule has 0 saturated heterocycles. The van der Waals surface area contributed by atoms with Crippen molar-refractivity contribution in [2.75, 3.05) is 26.7 Å². The number of ether oxygens (including phenoxy) is 1. The Balaban J connectivity index is 1.79. The van der Waals surface area contributed by atoms with Crippen LogP contribution in [-0.4, -0.2) is 37.9 Å². The van der Waals surface area contributed by atoms with Gasteiger partial charge in [0.2, 0.25) is 0 Å². The van der Waals surface area contributed by atoms with Gasteiger partial charge in [0, 0.05) is 19.1 Å². The molecule has 0 amide bonds. The third kappa shape index (κ3) is 6.32. The van der Waals surface area contributed by atoms with Gasteiger partial charge in [0.25, 0.3) is 0 Å². The van der Waals surface area contributed by atoms with Crippen LogP contribution in [0.1, 0.15) is 24.2 Å². The Bertz CT molecular complexity index is 589. The first-order valence-electron chi connectivity index (χ1n) is 8.51. The number of benzene rings is 2. The summed E-state index contributed by atoms with van der Waals surface area (Å²) >= 11 is 0. The third-order valence-electron chi connectivity index (χ3n) is 3.91. The molecule has 3 N–H and O–H groups in total. The first-order chi connectivity index (χ1) is 11.7. The molecule has 0 aliphatic heterocycles. The minimum Gasteiger partial charge on any atom is -0.492 e. The fourth-order valence-corrected chi connectivity index (χ4v) is 2.56. The van der Waals surface area contributed by atoms with Crippen molar-refractivity contribution in [1.29, 1.82) is 0 Å². The molecule has 0 aliphatic carbocycles. The van der Waals surface area contributed by atoms with Gasteiger partial charge in [-0.3, -0.25) is 0 Å². The van der Waals surface area contributed by atoms with Gasteiger partial charge in [0.05, 0.1) is 6.10 Å². The van der Waals surface area contributed by atoms with Crippen LogP contribution in [-0.2, 0) is 6.42 Å². The fourth-order valence-electron chi connectivity index (χ4n) is 2.56. The molecule has 0 bridgehead atoms. The minimum absolute atomic E-state index is 0.274. The Morgan fingerprint density at radius 1 is 1.08 bits per heavy atom. The fraction of sp³-hybridized carbons (Fsp3) is 0.400. The van der Waals surface area contributed by atoms with E-state index in [1.54, 1.807) is 0 Å². The van der Waals surface area contributed by atoms with Crippen LogP contribution in [0.5, 0.6) is 5.75 Å². The molecule has 0 heterocycles. The van der Waals surface area contributed by atoms with Crippen LogP contribution < -0.4 is 15.4 Å². The summed E-state index contributed by atoms with van der Waals surface area (Å²) in [6.45, 7) is 4.17. The molecule has 24 heavy (non-hydrogen) atoms. The lowest BCUT2D eigenvalue weighted by molar-refractivity contribution is 0.170. The molecule has 0 radical (unpaired) electrons. The number of likely N-dealkylation sites (N-methyl/N-ethyl adjacent to an activating group) is 1. The second-order valence-electron chi connectivity index (χ2n) is 6.04. The molecular weight excluding hydrogens is 300 g/mol. The Hall–Kier alpha value is -1.88. The zero-order chi connectivity index (χ0) is 17.2. The average molecular weight is 328 g/mol. The molecule has 0 aromatic heterocycles. The summed E-state index contributed by atoms with van der Waals surface area (Å²) < 4.78 is 5.70. The predicted octanol–water partition coefficient (Wildman–Crippen LogP) is 2.54. The molecule has 2 aromatic carbocycles. The van der Waals surface area contributed by atoms with Crippen LogP contribution in [0.2, 0.25) is 0 Å². The Morgan fingerprint density at radius 2 is 1.88 bits per heavy atom. The highest BCUT2D eigenvalue weighted by Gasteiger charge is 2.10. The largest absolute Gasteiger partial charge is 0.492 e. The van der Waals surface area contributed by atoms with Crippen molar-refractivity contribution < 1.29 is 9.84 Å². The van der Waals surface area contributed by atoms with E-state index in [1.807, 2.05) is 49.5 Å². The maximum atomic E-state index is 10.2. The van der Waals surface area contributed by atoms with E-state index in [4.69, 9.17) is 4.74 Å². The van der Waals surface area contributed by atoms with Gasteiger partial charge in [0.1, 0.15) is 12.4 Å². The number of nitrogens with one attached hydrogen (secondary N) is 2. The van der Waals surface area contributed by atoms with Crippen molar-refractivity contribution in [2.45, 2.75) is 25.5 Å². The van der Waals surface area contributed by atoms with Gasteiger partial charge in [-0.15, -0.1) is 0 Å². The smallest absolute Gasteiger partial charge is 0.119 e. The number of aliphatic hydroxyl groups is 1. The van der Waals surface area contributed by atoms with E-state index >= 15 is 0 Å². The topological polar surface area (TPSA) is 53.5 Å². The van der Waals surface area contributed by atoms with E-state index in [0.717, 1.165) is 24.3 Å². The van der Waals surface area contributed by atoms with Gasteiger partial charge in [-0.25, -0.2) is 0 Å². The summed E-state index contributed by atoms with van der Waals surface area (Å²) in [6, 6.07) is 18.2. The Morgan fingerprint density at radius 3 is 2.62 bits per heavy atom. The number of rotatable bonds is 10. The quantitative estimate of drug-likeness (QED) is 0.587. The minimum atomic E-state index is -0.482. The van der Waals surface area contributed by atoms with Crippen molar-refractivity contribution in [1.82, 2.24) is 10.6 Å². The Kier molecular flexibility index (Phi) is 7.75. The van der Waals surface area contributed by atoms with Gasteiger partial charge in [-0.05, 0) is 43.7 Å². The summed E-state index contributed by atoms with van der Waals surface area (Å²) in [7, 11) is 1.91. The normalized spacial score (nSPS) is 13.5. The monoisotopic (exact) mass is 328 g/mol. The Labute approximate surface area is 144 Å². The molecule has 0 saturated carbocycles. The van der Waals surface area contributed by atoms with Crippen molar-refractivity contribution in [3.63, 3.8) is 0 Å². The zero-order valence-electron chi connectivity index (χ0n) is 14.5. The summed E-state index contributed by atoms with van der Waals surface area (Å²) in [4.78, 5) is 0. The van der Waals surface area contributed by atoms with Gasteiger partial charge in [0.15, 0.2) is 0 Å². The molecule has 2 rings (SSSR count). The molecule has 0 fully saturated rings. The van der Waals surface area contributed by atoms with Crippen LogP contribution in [0.3, 0.4) is 0 Å². The van der Waals surface area contributed by atoms with Crippen LogP contribution in [0.4, 0.5) is 0 Å². The molecular formula is C20H28N2O2. The summed E-state index contributed by atoms with van der Waals surface area (Å²) in [6.07, 6.45) is 0.412. The summed E-state index contributed by atoms with van der Waals surface area (Å²) in [5.41, 5.74) is 2.17. The second kappa shape index (κ2) is 10.1. The number of hydrogen-bond donors (Lipinski definition) is 3. The summed E-state index contributed by atoms with van der Waals surface area (Å²) in [5, 5.41) is 16.7. The zero-order valence-corrected chi connectivity index (χ0v) is 14.5. The number of aliphatic hydroxyl groups excluding tert-OH is 1. The second-order valence-corrected chi connectivity index (χ2v) is 6.04. The van der Waals surface area contributed by atoms with Crippen LogP contribution in [0.15, 0.2) is 54.6 Å². The predicted molar refractivity (Wildman–Crippen MR) is 98.4 cm³/mol. The van der Waals surface area contributed by atoms with Gasteiger partial charge >= 0.3 is 0 Å². The molecule has 0 unspecified atom stereocenters.